The molecule has 0 spiro atoms. The maximum atomic E-state index is 12.5. The molecule has 1 aliphatic carbocycles. The molecule has 0 fully saturated rings. The van der Waals surface area contributed by atoms with Crippen molar-refractivity contribution < 1.29 is 4.79 Å². The van der Waals surface area contributed by atoms with Gasteiger partial charge in [-0.1, -0.05) is 11.6 Å². The Morgan fingerprint density at radius 2 is 2.04 bits per heavy atom. The molecule has 0 atom stereocenters. The lowest BCUT2D eigenvalue weighted by Gasteiger charge is -2.14. The van der Waals surface area contributed by atoms with Crippen molar-refractivity contribution in [3.63, 3.8) is 0 Å². The van der Waals surface area contributed by atoms with Crippen LogP contribution in [-0.2, 0) is 17.9 Å². The van der Waals surface area contributed by atoms with Gasteiger partial charge < -0.3 is 9.88 Å². The molecule has 144 valence electrons. The summed E-state index contributed by atoms with van der Waals surface area (Å²) in [6.45, 7) is 2.95. The number of nitrogens with zero attached hydrogens (tertiary/aromatic N) is 3. The van der Waals surface area contributed by atoms with Crippen LogP contribution in [0.2, 0.25) is 0 Å². The van der Waals surface area contributed by atoms with Crippen molar-refractivity contribution in [2.24, 2.45) is 0 Å². The monoisotopic (exact) mass is 370 g/mol. The average molecular weight is 370 g/mol. The zero-order chi connectivity index (χ0) is 19.2. The molecule has 0 saturated carbocycles. The van der Waals surface area contributed by atoms with Crippen molar-refractivity contribution in [3.05, 3.63) is 50.7 Å². The quantitative estimate of drug-likeness (QED) is 0.596. The number of amides is 1. The zero-order valence-corrected chi connectivity index (χ0v) is 15.7. The first-order valence-corrected chi connectivity index (χ1v) is 9.64. The molecule has 3 rings (SSSR count). The Morgan fingerprint density at radius 3 is 2.78 bits per heavy atom. The number of fused-ring (bicyclic) bond motifs is 1. The largest absolute Gasteiger partial charge is 0.356 e. The molecule has 0 unspecified atom stereocenters. The molecule has 0 saturated heterocycles. The number of aromatic nitrogens is 3. The van der Waals surface area contributed by atoms with Gasteiger partial charge in [0.15, 0.2) is 5.65 Å². The van der Waals surface area contributed by atoms with Crippen LogP contribution in [-0.4, -0.2) is 26.6 Å². The van der Waals surface area contributed by atoms with E-state index in [2.05, 4.69) is 16.4 Å². The van der Waals surface area contributed by atoms with Crippen molar-refractivity contribution >= 4 is 17.1 Å². The predicted molar refractivity (Wildman–Crippen MR) is 105 cm³/mol. The van der Waals surface area contributed by atoms with Crippen molar-refractivity contribution in [1.82, 2.24) is 19.4 Å². The van der Waals surface area contributed by atoms with E-state index in [1.165, 1.54) is 27.5 Å². The van der Waals surface area contributed by atoms with Gasteiger partial charge in [0.05, 0.1) is 5.52 Å². The molecule has 1 aliphatic rings. The Kier molecular flexibility index (Phi) is 6.21. The summed E-state index contributed by atoms with van der Waals surface area (Å²) >= 11 is 0. The van der Waals surface area contributed by atoms with Gasteiger partial charge in [0.2, 0.25) is 5.91 Å². The number of hydrogen-bond acceptors (Lipinski definition) is 4. The number of nitrogens with one attached hydrogen (secondary N) is 1. The smallest absolute Gasteiger partial charge is 0.318 e. The van der Waals surface area contributed by atoms with E-state index in [9.17, 15) is 14.4 Å². The molecule has 0 aromatic carbocycles. The van der Waals surface area contributed by atoms with Gasteiger partial charge in [0.25, 0.3) is 0 Å². The number of carbonyl (C=O) groups excluding carboxylic acids is 1. The SMILES string of the molecule is CCn1c(=O)c(=O)n(CCC(=O)NCCC2=CCCCC2)c2cccnc21. The fourth-order valence-electron chi connectivity index (χ4n) is 3.55. The summed E-state index contributed by atoms with van der Waals surface area (Å²) in [5, 5.41) is 2.91. The molecule has 2 aromatic rings. The predicted octanol–water partition coefficient (Wildman–Crippen LogP) is 1.97. The Balaban J connectivity index is 1.67. The number of carbonyl (C=O) groups is 1. The van der Waals surface area contributed by atoms with Crippen molar-refractivity contribution in [1.29, 1.82) is 0 Å². The van der Waals surface area contributed by atoms with Gasteiger partial charge >= 0.3 is 11.1 Å². The molecular weight excluding hydrogens is 344 g/mol. The van der Waals surface area contributed by atoms with E-state index in [4.69, 9.17) is 0 Å². The standard InChI is InChI=1S/C20H26N4O3/c1-2-23-18-16(9-6-12-22-18)24(20(27)19(23)26)14-11-17(25)21-13-10-15-7-4-3-5-8-15/h6-7,9,12H,2-5,8,10-11,13-14H2,1H3,(H,21,25). The van der Waals surface area contributed by atoms with Gasteiger partial charge in [-0.05, 0) is 51.2 Å². The van der Waals surface area contributed by atoms with Crippen LogP contribution in [0, 0.1) is 0 Å². The second kappa shape index (κ2) is 8.79. The molecule has 2 aromatic heterocycles. The Bertz CT molecular complexity index is 971. The lowest BCUT2D eigenvalue weighted by molar-refractivity contribution is -0.121. The van der Waals surface area contributed by atoms with Crippen LogP contribution in [0.4, 0.5) is 0 Å². The highest BCUT2D eigenvalue weighted by molar-refractivity contribution is 5.76. The fraction of sp³-hybridized carbons (Fsp3) is 0.500. The van der Waals surface area contributed by atoms with E-state index in [1.54, 1.807) is 25.3 Å². The van der Waals surface area contributed by atoms with Crippen LogP contribution in [0.5, 0.6) is 0 Å². The minimum atomic E-state index is -0.613. The minimum absolute atomic E-state index is 0.116. The first-order valence-electron chi connectivity index (χ1n) is 9.64. The van der Waals surface area contributed by atoms with E-state index in [0.717, 1.165) is 19.3 Å². The fourth-order valence-corrected chi connectivity index (χ4v) is 3.55. The summed E-state index contributed by atoms with van der Waals surface area (Å²) in [6, 6.07) is 3.48. The Labute approximate surface area is 157 Å². The molecule has 7 heteroatoms. The number of pyridine rings is 1. The van der Waals surface area contributed by atoms with E-state index in [-0.39, 0.29) is 18.9 Å². The number of aryl methyl sites for hydroxylation is 2. The maximum Gasteiger partial charge on any atom is 0.318 e. The van der Waals surface area contributed by atoms with E-state index in [1.807, 2.05) is 0 Å². The number of rotatable bonds is 7. The summed E-state index contributed by atoms with van der Waals surface area (Å²) in [6.07, 6.45) is 9.64. The lowest BCUT2D eigenvalue weighted by Crippen LogP contribution is -2.42. The third-order valence-corrected chi connectivity index (χ3v) is 5.02. The third-order valence-electron chi connectivity index (χ3n) is 5.02. The first kappa shape index (κ1) is 19.1. The van der Waals surface area contributed by atoms with Crippen molar-refractivity contribution in [2.75, 3.05) is 6.54 Å². The first-order chi connectivity index (χ1) is 13.1. The molecule has 7 nitrogen and oxygen atoms in total. The number of hydrogen-bond donors (Lipinski definition) is 1. The van der Waals surface area contributed by atoms with Crippen LogP contribution < -0.4 is 16.4 Å². The van der Waals surface area contributed by atoms with Crippen LogP contribution in [0.1, 0.15) is 45.4 Å². The molecule has 1 amide bonds. The van der Waals surface area contributed by atoms with Crippen LogP contribution in [0.25, 0.3) is 11.2 Å². The van der Waals surface area contributed by atoms with Gasteiger partial charge in [0, 0.05) is 32.3 Å². The summed E-state index contributed by atoms with van der Waals surface area (Å²) in [7, 11) is 0. The Hall–Kier alpha value is -2.70. The maximum absolute atomic E-state index is 12.5. The van der Waals surface area contributed by atoms with E-state index < -0.39 is 11.1 Å². The highest BCUT2D eigenvalue weighted by Crippen LogP contribution is 2.19. The highest BCUT2D eigenvalue weighted by Gasteiger charge is 2.14. The van der Waals surface area contributed by atoms with Crippen molar-refractivity contribution in [3.8, 4) is 0 Å². The van der Waals surface area contributed by atoms with Gasteiger partial charge in [-0.2, -0.15) is 0 Å². The molecule has 0 aliphatic heterocycles. The molecule has 2 heterocycles. The highest BCUT2D eigenvalue weighted by atomic mass is 16.2. The summed E-state index contributed by atoms with van der Waals surface area (Å²) in [5.41, 5.74) is 1.24. The molecule has 1 N–H and O–H groups in total. The zero-order valence-electron chi connectivity index (χ0n) is 15.7. The lowest BCUT2D eigenvalue weighted by atomic mass is 9.97. The van der Waals surface area contributed by atoms with E-state index >= 15 is 0 Å². The summed E-state index contributed by atoms with van der Waals surface area (Å²) in [4.78, 5) is 41.2. The Morgan fingerprint density at radius 1 is 1.22 bits per heavy atom. The van der Waals surface area contributed by atoms with Crippen LogP contribution >= 0.6 is 0 Å². The van der Waals surface area contributed by atoms with E-state index in [0.29, 0.717) is 24.3 Å². The van der Waals surface area contributed by atoms with Crippen molar-refractivity contribution in [2.45, 2.75) is 58.5 Å². The molecule has 0 bridgehead atoms. The topological polar surface area (TPSA) is 86.0 Å². The number of allylic oxidation sites excluding steroid dienone is 1. The average Bonchev–Trinajstić information content (AvgIpc) is 2.69. The summed E-state index contributed by atoms with van der Waals surface area (Å²) < 4.78 is 2.73. The minimum Gasteiger partial charge on any atom is -0.356 e. The van der Waals surface area contributed by atoms with Gasteiger partial charge in [-0.25, -0.2) is 4.98 Å². The second-order valence-electron chi connectivity index (χ2n) is 6.81. The molecule has 0 radical (unpaired) electrons. The van der Waals surface area contributed by atoms with Gasteiger partial charge in [0.1, 0.15) is 0 Å². The van der Waals surface area contributed by atoms with Crippen LogP contribution in [0.3, 0.4) is 0 Å². The van der Waals surface area contributed by atoms with Gasteiger partial charge in [-0.3, -0.25) is 19.0 Å². The van der Waals surface area contributed by atoms with Crippen LogP contribution in [0.15, 0.2) is 39.6 Å². The third kappa shape index (κ3) is 4.35. The van der Waals surface area contributed by atoms with Gasteiger partial charge in [-0.15, -0.1) is 0 Å². The molecular formula is C20H26N4O3. The second-order valence-corrected chi connectivity index (χ2v) is 6.81. The normalized spacial score (nSPS) is 14.2. The molecule has 27 heavy (non-hydrogen) atoms. The summed E-state index contributed by atoms with van der Waals surface area (Å²) in [5.74, 6) is -0.116.